The maximum Gasteiger partial charge on any atom is 0.251 e. The minimum Gasteiger partial charge on any atom is -0.365 e. The summed E-state index contributed by atoms with van der Waals surface area (Å²) in [5.41, 5.74) is 9.73. The van der Waals surface area contributed by atoms with Gasteiger partial charge in [0.15, 0.2) is 0 Å². The number of nitrogens with one attached hydrogen (secondary N) is 1. The Hall–Kier alpha value is -2.44. The molecule has 0 saturated heterocycles. The molecule has 6 heteroatoms. The van der Waals surface area contributed by atoms with E-state index < -0.39 is 5.91 Å². The molecule has 4 rings (SSSR count). The first kappa shape index (κ1) is 18.9. The van der Waals surface area contributed by atoms with Crippen molar-refractivity contribution in [3.05, 3.63) is 58.0 Å². The molecule has 0 spiro atoms. The van der Waals surface area contributed by atoms with Gasteiger partial charge in [-0.25, -0.2) is 0 Å². The van der Waals surface area contributed by atoms with Crippen LogP contribution in [0, 0.1) is 0 Å². The SMILES string of the molecule is CC(C(=O)Nc1sc2c(c1C(N)=O)CCC2)N1CC=C(c2ccccc2)CC1. The van der Waals surface area contributed by atoms with Gasteiger partial charge in [0.2, 0.25) is 5.91 Å². The first-order valence-electron chi connectivity index (χ1n) is 9.78. The molecule has 3 N–H and O–H groups in total. The van der Waals surface area contributed by atoms with Crippen molar-refractivity contribution in [2.75, 3.05) is 18.4 Å². The van der Waals surface area contributed by atoms with E-state index >= 15 is 0 Å². The van der Waals surface area contributed by atoms with E-state index in [-0.39, 0.29) is 11.9 Å². The summed E-state index contributed by atoms with van der Waals surface area (Å²) in [6.07, 6.45) is 6.01. The zero-order valence-electron chi connectivity index (χ0n) is 16.0. The summed E-state index contributed by atoms with van der Waals surface area (Å²) in [5.74, 6) is -0.533. The number of fused-ring (bicyclic) bond motifs is 1. The summed E-state index contributed by atoms with van der Waals surface area (Å²) in [6, 6.07) is 10.1. The van der Waals surface area contributed by atoms with Crippen LogP contribution in [-0.2, 0) is 17.6 Å². The van der Waals surface area contributed by atoms with Crippen molar-refractivity contribution >= 4 is 33.7 Å². The molecule has 1 aliphatic heterocycles. The zero-order chi connectivity index (χ0) is 19.7. The van der Waals surface area contributed by atoms with Crippen molar-refractivity contribution in [1.82, 2.24) is 4.90 Å². The summed E-state index contributed by atoms with van der Waals surface area (Å²) in [7, 11) is 0. The third-order valence-corrected chi connectivity index (χ3v) is 6.92. The van der Waals surface area contributed by atoms with Gasteiger partial charge in [-0.2, -0.15) is 0 Å². The van der Waals surface area contributed by atoms with Crippen molar-refractivity contribution in [3.8, 4) is 0 Å². The Balaban J connectivity index is 1.44. The van der Waals surface area contributed by atoms with Crippen LogP contribution in [0.3, 0.4) is 0 Å². The standard InChI is InChI=1S/C22H25N3O2S/c1-14(25-12-10-16(11-13-25)15-6-3-2-4-7-15)21(27)24-22-19(20(23)26)17-8-5-9-18(17)28-22/h2-4,6-7,10,14H,5,8-9,11-13H2,1H3,(H2,23,26)(H,24,27). The van der Waals surface area contributed by atoms with E-state index in [1.54, 1.807) is 0 Å². The van der Waals surface area contributed by atoms with Crippen LogP contribution < -0.4 is 11.1 Å². The molecule has 2 amide bonds. The van der Waals surface area contributed by atoms with Gasteiger partial charge in [-0.1, -0.05) is 36.4 Å². The van der Waals surface area contributed by atoms with Gasteiger partial charge in [0, 0.05) is 18.0 Å². The number of nitrogens with two attached hydrogens (primary N) is 1. The highest BCUT2D eigenvalue weighted by atomic mass is 32.1. The molecule has 2 aromatic rings. The lowest BCUT2D eigenvalue weighted by Crippen LogP contribution is -2.44. The molecule has 2 heterocycles. The molecule has 0 saturated carbocycles. The molecule has 146 valence electrons. The van der Waals surface area contributed by atoms with Crippen LogP contribution in [0.15, 0.2) is 36.4 Å². The summed E-state index contributed by atoms with van der Waals surface area (Å²) < 4.78 is 0. The minimum absolute atomic E-state index is 0.0843. The predicted molar refractivity (Wildman–Crippen MR) is 114 cm³/mol. The second kappa shape index (κ2) is 7.89. The first-order valence-corrected chi connectivity index (χ1v) is 10.6. The van der Waals surface area contributed by atoms with Gasteiger partial charge >= 0.3 is 0 Å². The van der Waals surface area contributed by atoms with Crippen LogP contribution in [0.1, 0.15) is 46.1 Å². The number of anilines is 1. The lowest BCUT2D eigenvalue weighted by Gasteiger charge is -2.31. The molecular formula is C22H25N3O2S. The average Bonchev–Trinajstić information content (AvgIpc) is 3.28. The largest absolute Gasteiger partial charge is 0.365 e. The number of primary amides is 1. The highest BCUT2D eigenvalue weighted by molar-refractivity contribution is 7.17. The molecule has 0 radical (unpaired) electrons. The number of benzene rings is 1. The monoisotopic (exact) mass is 395 g/mol. The summed E-state index contributed by atoms with van der Waals surface area (Å²) in [5, 5.41) is 3.59. The van der Waals surface area contributed by atoms with Crippen LogP contribution >= 0.6 is 11.3 Å². The van der Waals surface area contributed by atoms with E-state index in [2.05, 4.69) is 28.4 Å². The molecule has 0 fully saturated rings. The molecule has 1 aromatic carbocycles. The summed E-state index contributed by atoms with van der Waals surface area (Å²) in [4.78, 5) is 28.1. The summed E-state index contributed by atoms with van der Waals surface area (Å²) >= 11 is 1.50. The van der Waals surface area contributed by atoms with E-state index in [0.717, 1.165) is 44.3 Å². The van der Waals surface area contributed by atoms with Gasteiger partial charge in [0.05, 0.1) is 11.6 Å². The molecule has 1 unspecified atom stereocenters. The average molecular weight is 396 g/mol. The Morgan fingerprint density at radius 1 is 1.18 bits per heavy atom. The number of carbonyl (C=O) groups is 2. The number of aryl methyl sites for hydroxylation is 1. The van der Waals surface area contributed by atoms with E-state index in [1.807, 2.05) is 25.1 Å². The van der Waals surface area contributed by atoms with Crippen molar-refractivity contribution in [1.29, 1.82) is 0 Å². The Bertz CT molecular complexity index is 933. The first-order chi connectivity index (χ1) is 13.5. The number of amides is 2. The fourth-order valence-electron chi connectivity index (χ4n) is 4.09. The maximum absolute atomic E-state index is 12.8. The van der Waals surface area contributed by atoms with Gasteiger partial charge in [-0.3, -0.25) is 14.5 Å². The number of hydrogen-bond donors (Lipinski definition) is 2. The maximum atomic E-state index is 12.8. The Kier molecular flexibility index (Phi) is 5.33. The lowest BCUT2D eigenvalue weighted by atomic mass is 9.99. The number of carbonyl (C=O) groups excluding carboxylic acids is 2. The van der Waals surface area contributed by atoms with Crippen LogP contribution in [0.2, 0.25) is 0 Å². The molecule has 2 aliphatic rings. The van der Waals surface area contributed by atoms with E-state index in [4.69, 9.17) is 5.73 Å². The fourth-order valence-corrected chi connectivity index (χ4v) is 5.38. The van der Waals surface area contributed by atoms with Crippen LogP contribution in [0.25, 0.3) is 5.57 Å². The van der Waals surface area contributed by atoms with Crippen molar-refractivity contribution in [3.63, 3.8) is 0 Å². The molecule has 1 aliphatic carbocycles. The van der Waals surface area contributed by atoms with Gasteiger partial charge < -0.3 is 11.1 Å². The van der Waals surface area contributed by atoms with Crippen molar-refractivity contribution < 1.29 is 9.59 Å². The zero-order valence-corrected chi connectivity index (χ0v) is 16.8. The van der Waals surface area contributed by atoms with Crippen LogP contribution in [0.4, 0.5) is 5.00 Å². The van der Waals surface area contributed by atoms with Gasteiger partial charge in [0.1, 0.15) is 5.00 Å². The fraction of sp³-hybridized carbons (Fsp3) is 0.364. The molecule has 1 aromatic heterocycles. The Morgan fingerprint density at radius 3 is 2.64 bits per heavy atom. The Morgan fingerprint density at radius 2 is 1.96 bits per heavy atom. The molecule has 5 nitrogen and oxygen atoms in total. The number of thiophene rings is 1. The topological polar surface area (TPSA) is 75.4 Å². The third-order valence-electron chi connectivity index (χ3n) is 5.72. The van der Waals surface area contributed by atoms with Crippen molar-refractivity contribution in [2.45, 2.75) is 38.6 Å². The second-order valence-corrected chi connectivity index (χ2v) is 8.54. The number of rotatable bonds is 5. The molecule has 28 heavy (non-hydrogen) atoms. The quantitative estimate of drug-likeness (QED) is 0.814. The van der Waals surface area contributed by atoms with Gasteiger partial charge in [-0.05, 0) is 49.3 Å². The minimum atomic E-state index is -0.448. The van der Waals surface area contributed by atoms with E-state index in [0.29, 0.717) is 10.6 Å². The number of nitrogens with zero attached hydrogens (tertiary/aromatic N) is 1. The smallest absolute Gasteiger partial charge is 0.251 e. The van der Waals surface area contributed by atoms with E-state index in [1.165, 1.54) is 27.4 Å². The van der Waals surface area contributed by atoms with Crippen LogP contribution in [0.5, 0.6) is 0 Å². The molecular weight excluding hydrogens is 370 g/mol. The third kappa shape index (κ3) is 3.62. The normalized spacial score (nSPS) is 17.7. The predicted octanol–water partition coefficient (Wildman–Crippen LogP) is 3.45. The summed E-state index contributed by atoms with van der Waals surface area (Å²) in [6.45, 7) is 3.49. The van der Waals surface area contributed by atoms with Crippen molar-refractivity contribution in [2.24, 2.45) is 5.73 Å². The Labute approximate surface area is 169 Å². The highest BCUT2D eigenvalue weighted by Crippen LogP contribution is 2.39. The molecule has 0 bridgehead atoms. The van der Waals surface area contributed by atoms with E-state index in [9.17, 15) is 9.59 Å². The highest BCUT2D eigenvalue weighted by Gasteiger charge is 2.29. The van der Waals surface area contributed by atoms with Gasteiger partial charge in [0.25, 0.3) is 5.91 Å². The second-order valence-electron chi connectivity index (χ2n) is 7.43. The number of hydrogen-bond acceptors (Lipinski definition) is 4. The molecule has 1 atom stereocenters. The van der Waals surface area contributed by atoms with Crippen LogP contribution in [-0.4, -0.2) is 35.8 Å². The lowest BCUT2D eigenvalue weighted by molar-refractivity contribution is -0.120. The van der Waals surface area contributed by atoms with Gasteiger partial charge in [-0.15, -0.1) is 11.3 Å².